The van der Waals surface area contributed by atoms with Crippen molar-refractivity contribution in [3.05, 3.63) is 59.1 Å². The Morgan fingerprint density at radius 3 is 2.75 bits per heavy atom. The van der Waals surface area contributed by atoms with E-state index in [1.165, 1.54) is 6.07 Å². The van der Waals surface area contributed by atoms with Crippen LogP contribution in [-0.2, 0) is 6.61 Å². The molecule has 0 atom stereocenters. The van der Waals surface area contributed by atoms with Crippen LogP contribution in [0.15, 0.2) is 42.6 Å². The van der Waals surface area contributed by atoms with Crippen LogP contribution in [0.3, 0.4) is 0 Å². The van der Waals surface area contributed by atoms with Gasteiger partial charge in [0, 0.05) is 6.07 Å². The Labute approximate surface area is 97.7 Å². The number of hydrogen-bond donors (Lipinski definition) is 0. The molecule has 2 aromatic rings. The number of nitrogens with zero attached hydrogens (tertiary/aromatic N) is 1. The van der Waals surface area contributed by atoms with Crippen LogP contribution in [0.2, 0.25) is 5.15 Å². The predicted molar refractivity (Wildman–Crippen MR) is 60.0 cm³/mol. The summed E-state index contributed by atoms with van der Waals surface area (Å²) in [5, 5.41) is 0.164. The van der Waals surface area contributed by atoms with Gasteiger partial charge < -0.3 is 4.74 Å². The number of ether oxygens (including phenoxy) is 1. The highest BCUT2D eigenvalue weighted by atomic mass is 35.5. The molecule has 4 heteroatoms. The van der Waals surface area contributed by atoms with Gasteiger partial charge in [-0.15, -0.1) is 0 Å². The molecular formula is C12H9ClFNO. The topological polar surface area (TPSA) is 22.1 Å². The van der Waals surface area contributed by atoms with Crippen LogP contribution >= 0.6 is 11.6 Å². The lowest BCUT2D eigenvalue weighted by atomic mass is 10.2. The molecule has 2 nitrogen and oxygen atoms in total. The van der Waals surface area contributed by atoms with Crippen molar-refractivity contribution in [1.29, 1.82) is 0 Å². The van der Waals surface area contributed by atoms with E-state index >= 15 is 0 Å². The molecule has 0 radical (unpaired) electrons. The first-order chi connectivity index (χ1) is 7.75. The van der Waals surface area contributed by atoms with Crippen molar-refractivity contribution < 1.29 is 9.13 Å². The van der Waals surface area contributed by atoms with Crippen molar-refractivity contribution in [3.8, 4) is 5.75 Å². The standard InChI is InChI=1S/C12H9ClFNO/c13-12-11(6-10(14)7-15-12)16-8-9-4-2-1-3-5-9/h1-7H,8H2. The van der Waals surface area contributed by atoms with Crippen molar-refractivity contribution in [3.63, 3.8) is 0 Å². The molecule has 0 aliphatic carbocycles. The minimum atomic E-state index is -0.465. The van der Waals surface area contributed by atoms with Crippen molar-refractivity contribution >= 4 is 11.6 Å². The molecule has 1 heterocycles. The zero-order valence-electron chi connectivity index (χ0n) is 8.36. The minimum absolute atomic E-state index is 0.164. The lowest BCUT2D eigenvalue weighted by Gasteiger charge is -2.07. The average molecular weight is 238 g/mol. The summed E-state index contributed by atoms with van der Waals surface area (Å²) in [5.41, 5.74) is 0.989. The highest BCUT2D eigenvalue weighted by molar-refractivity contribution is 6.30. The molecule has 0 saturated heterocycles. The number of aromatic nitrogens is 1. The number of benzene rings is 1. The molecule has 82 valence electrons. The van der Waals surface area contributed by atoms with Gasteiger partial charge in [0.15, 0.2) is 10.9 Å². The molecule has 0 fully saturated rings. The van der Waals surface area contributed by atoms with Gasteiger partial charge in [-0.2, -0.15) is 0 Å². The number of halogens is 2. The van der Waals surface area contributed by atoms with E-state index in [-0.39, 0.29) is 10.9 Å². The smallest absolute Gasteiger partial charge is 0.171 e. The van der Waals surface area contributed by atoms with Crippen LogP contribution < -0.4 is 4.74 Å². The second kappa shape index (κ2) is 4.94. The fraction of sp³-hybridized carbons (Fsp3) is 0.0833. The summed E-state index contributed by atoms with van der Waals surface area (Å²) in [6.45, 7) is 0.339. The van der Waals surface area contributed by atoms with Crippen molar-refractivity contribution in [2.24, 2.45) is 0 Å². The first kappa shape index (κ1) is 10.9. The SMILES string of the molecule is Fc1cnc(Cl)c(OCc2ccccc2)c1. The highest BCUT2D eigenvalue weighted by Crippen LogP contribution is 2.23. The molecule has 2 rings (SSSR count). The molecule has 1 aromatic carbocycles. The van der Waals surface area contributed by atoms with E-state index in [4.69, 9.17) is 16.3 Å². The molecule has 0 unspecified atom stereocenters. The third-order valence-electron chi connectivity index (χ3n) is 2.01. The Balaban J connectivity index is 2.08. The average Bonchev–Trinajstić information content (AvgIpc) is 2.32. The molecule has 0 aliphatic rings. The highest BCUT2D eigenvalue weighted by Gasteiger charge is 2.04. The van der Waals surface area contributed by atoms with Gasteiger partial charge in [0.05, 0.1) is 6.20 Å². The summed E-state index contributed by atoms with van der Waals surface area (Å²) in [6, 6.07) is 10.8. The minimum Gasteiger partial charge on any atom is -0.486 e. The molecule has 0 N–H and O–H groups in total. The van der Waals surface area contributed by atoms with E-state index in [0.717, 1.165) is 11.8 Å². The van der Waals surface area contributed by atoms with Gasteiger partial charge in [-0.25, -0.2) is 9.37 Å². The largest absolute Gasteiger partial charge is 0.486 e. The molecule has 0 spiro atoms. The zero-order valence-corrected chi connectivity index (χ0v) is 9.12. The third kappa shape index (κ3) is 2.70. The van der Waals surface area contributed by atoms with E-state index < -0.39 is 5.82 Å². The Morgan fingerprint density at radius 1 is 1.25 bits per heavy atom. The van der Waals surface area contributed by atoms with E-state index in [9.17, 15) is 4.39 Å². The lowest BCUT2D eigenvalue weighted by Crippen LogP contribution is -1.97. The van der Waals surface area contributed by atoms with Crippen molar-refractivity contribution in [1.82, 2.24) is 4.98 Å². The van der Waals surface area contributed by atoms with Gasteiger partial charge in [-0.3, -0.25) is 0 Å². The fourth-order valence-corrected chi connectivity index (χ4v) is 1.40. The lowest BCUT2D eigenvalue weighted by molar-refractivity contribution is 0.303. The van der Waals surface area contributed by atoms with Crippen LogP contribution in [0.4, 0.5) is 4.39 Å². The van der Waals surface area contributed by atoms with Gasteiger partial charge in [0.2, 0.25) is 0 Å². The third-order valence-corrected chi connectivity index (χ3v) is 2.29. The van der Waals surface area contributed by atoms with Crippen LogP contribution in [0.5, 0.6) is 5.75 Å². The Morgan fingerprint density at radius 2 is 2.00 bits per heavy atom. The first-order valence-corrected chi connectivity index (χ1v) is 5.11. The summed E-state index contributed by atoms with van der Waals surface area (Å²) >= 11 is 5.76. The van der Waals surface area contributed by atoms with Crippen LogP contribution in [0.25, 0.3) is 0 Å². The van der Waals surface area contributed by atoms with Gasteiger partial charge >= 0.3 is 0 Å². The monoisotopic (exact) mass is 237 g/mol. The van der Waals surface area contributed by atoms with Crippen LogP contribution in [0, 0.1) is 5.82 Å². The summed E-state index contributed by atoms with van der Waals surface area (Å²) in [7, 11) is 0. The molecular weight excluding hydrogens is 229 g/mol. The van der Waals surface area contributed by atoms with Gasteiger partial charge in [-0.1, -0.05) is 41.9 Å². The maximum atomic E-state index is 12.9. The summed E-state index contributed by atoms with van der Waals surface area (Å²) < 4.78 is 18.2. The van der Waals surface area contributed by atoms with Crippen molar-refractivity contribution in [2.45, 2.75) is 6.61 Å². The second-order valence-electron chi connectivity index (χ2n) is 3.22. The van der Waals surface area contributed by atoms with Crippen LogP contribution in [-0.4, -0.2) is 4.98 Å². The predicted octanol–water partition coefficient (Wildman–Crippen LogP) is 3.45. The number of pyridine rings is 1. The quantitative estimate of drug-likeness (QED) is 0.763. The fourth-order valence-electron chi connectivity index (χ4n) is 1.24. The van der Waals surface area contributed by atoms with Gasteiger partial charge in [0.25, 0.3) is 0 Å². The molecule has 0 saturated carbocycles. The Bertz CT molecular complexity index is 476. The summed E-state index contributed by atoms with van der Waals surface area (Å²) in [4.78, 5) is 3.66. The van der Waals surface area contributed by atoms with Crippen molar-refractivity contribution in [2.75, 3.05) is 0 Å². The first-order valence-electron chi connectivity index (χ1n) is 4.73. The molecule has 0 amide bonds. The maximum Gasteiger partial charge on any atom is 0.171 e. The van der Waals surface area contributed by atoms with E-state index in [2.05, 4.69) is 4.98 Å². The summed E-state index contributed by atoms with van der Waals surface area (Å²) in [5.74, 6) is -0.210. The van der Waals surface area contributed by atoms with E-state index in [1.807, 2.05) is 30.3 Å². The van der Waals surface area contributed by atoms with Gasteiger partial charge in [0.1, 0.15) is 12.4 Å². The number of rotatable bonds is 3. The Kier molecular flexibility index (Phi) is 3.37. The zero-order chi connectivity index (χ0) is 11.4. The number of hydrogen-bond acceptors (Lipinski definition) is 2. The normalized spacial score (nSPS) is 10.1. The van der Waals surface area contributed by atoms with Crippen LogP contribution in [0.1, 0.15) is 5.56 Å². The van der Waals surface area contributed by atoms with Gasteiger partial charge in [-0.05, 0) is 5.56 Å². The molecule has 0 bridgehead atoms. The summed E-state index contributed by atoms with van der Waals surface area (Å²) in [6.07, 6.45) is 1.05. The molecule has 16 heavy (non-hydrogen) atoms. The molecule has 1 aromatic heterocycles. The Hall–Kier alpha value is -1.61. The molecule has 0 aliphatic heterocycles. The van der Waals surface area contributed by atoms with E-state index in [0.29, 0.717) is 6.61 Å². The van der Waals surface area contributed by atoms with E-state index in [1.54, 1.807) is 0 Å². The maximum absolute atomic E-state index is 12.9. The second-order valence-corrected chi connectivity index (χ2v) is 3.57.